The molecule has 0 aromatic rings. The number of carboxylic acids is 2. The SMILES string of the molecule is O=C(O)C(=O)O.[Mo]. The first-order chi connectivity index (χ1) is 2.64. The minimum Gasteiger partial charge on any atom is -0.473 e. The third kappa shape index (κ3) is 5.63. The quantitative estimate of drug-likeness (QED) is 0.381. The fourth-order valence-electron chi connectivity index (χ4n) is 0. The molecule has 0 bridgehead atoms. The molecule has 0 fully saturated rings. The van der Waals surface area contributed by atoms with Gasteiger partial charge in [-0.15, -0.1) is 0 Å². The molecule has 0 saturated carbocycles. The normalized spacial score (nSPS) is 6.29. The molecule has 0 amide bonds. The van der Waals surface area contributed by atoms with Crippen molar-refractivity contribution in [3.63, 3.8) is 0 Å². The molecule has 0 heterocycles. The second-order valence-corrected chi connectivity index (χ2v) is 0.610. The van der Waals surface area contributed by atoms with Crippen molar-refractivity contribution < 1.29 is 40.9 Å². The number of carboxylic acid groups (broad SMARTS) is 2. The van der Waals surface area contributed by atoms with Crippen LogP contribution in [0, 0.1) is 0 Å². The fourth-order valence-corrected chi connectivity index (χ4v) is 0. The zero-order valence-electron chi connectivity index (χ0n) is 3.12. The number of hydrogen-bond acceptors (Lipinski definition) is 2. The van der Waals surface area contributed by atoms with E-state index in [1.165, 1.54) is 0 Å². The van der Waals surface area contributed by atoms with Crippen molar-refractivity contribution in [1.82, 2.24) is 0 Å². The third-order valence-electron chi connectivity index (χ3n) is 0.183. The van der Waals surface area contributed by atoms with Crippen molar-refractivity contribution in [2.24, 2.45) is 0 Å². The minimum absolute atomic E-state index is 0. The van der Waals surface area contributed by atoms with E-state index in [1.807, 2.05) is 0 Å². The molecule has 4 nitrogen and oxygen atoms in total. The Kier molecular flexibility index (Phi) is 5.33. The van der Waals surface area contributed by atoms with Crippen LogP contribution in [0.3, 0.4) is 0 Å². The van der Waals surface area contributed by atoms with E-state index in [0.29, 0.717) is 0 Å². The molecule has 0 atom stereocenters. The molecule has 2 N–H and O–H groups in total. The summed E-state index contributed by atoms with van der Waals surface area (Å²) in [5.41, 5.74) is 0. The Bertz CT molecular complexity index is 75.7. The van der Waals surface area contributed by atoms with Crippen LogP contribution < -0.4 is 0 Å². The molecule has 0 aromatic carbocycles. The molecule has 0 saturated heterocycles. The Morgan fingerprint density at radius 2 is 1.14 bits per heavy atom. The molecule has 0 unspecified atom stereocenters. The Morgan fingerprint density at radius 1 is 1.00 bits per heavy atom. The van der Waals surface area contributed by atoms with Crippen LogP contribution >= 0.6 is 0 Å². The van der Waals surface area contributed by atoms with Crippen molar-refractivity contribution >= 4 is 11.9 Å². The van der Waals surface area contributed by atoms with Gasteiger partial charge in [0.25, 0.3) is 0 Å². The van der Waals surface area contributed by atoms with Crippen LogP contribution in [0.15, 0.2) is 0 Å². The first-order valence-electron chi connectivity index (χ1n) is 1.11. The standard InChI is InChI=1S/C2H2O4.Mo/c3-1(4)2(5)6;/h(H,3,4)(H,5,6);. The van der Waals surface area contributed by atoms with Gasteiger partial charge in [0.1, 0.15) is 0 Å². The monoisotopic (exact) mass is 188 g/mol. The predicted octanol–water partition coefficient (Wildman–Crippen LogP) is -0.847. The van der Waals surface area contributed by atoms with Crippen LogP contribution in [0.2, 0.25) is 0 Å². The van der Waals surface area contributed by atoms with E-state index in [0.717, 1.165) is 0 Å². The summed E-state index contributed by atoms with van der Waals surface area (Å²) in [7, 11) is 0. The van der Waals surface area contributed by atoms with Gasteiger partial charge in [-0.3, -0.25) is 0 Å². The van der Waals surface area contributed by atoms with Gasteiger partial charge in [0.05, 0.1) is 0 Å². The summed E-state index contributed by atoms with van der Waals surface area (Å²) in [4.78, 5) is 18.2. The second-order valence-electron chi connectivity index (χ2n) is 0.610. The molecule has 0 aliphatic rings. The summed E-state index contributed by atoms with van der Waals surface area (Å²) in [6.07, 6.45) is 0. The molecule has 0 aliphatic carbocycles. The van der Waals surface area contributed by atoms with Gasteiger partial charge in [0, 0.05) is 21.1 Å². The number of rotatable bonds is 0. The van der Waals surface area contributed by atoms with Crippen LogP contribution in [0.25, 0.3) is 0 Å². The van der Waals surface area contributed by atoms with E-state index in [2.05, 4.69) is 0 Å². The van der Waals surface area contributed by atoms with E-state index in [-0.39, 0.29) is 21.1 Å². The Morgan fingerprint density at radius 3 is 1.14 bits per heavy atom. The number of carbonyl (C=O) groups is 2. The summed E-state index contributed by atoms with van der Waals surface area (Å²) in [5, 5.41) is 14.8. The van der Waals surface area contributed by atoms with Gasteiger partial charge in [-0.1, -0.05) is 0 Å². The number of hydrogen-bond donors (Lipinski definition) is 2. The first kappa shape index (κ1) is 9.80. The molecular formula is C2H2MoO4. The Balaban J connectivity index is 0. The molecule has 0 aromatic heterocycles. The molecule has 0 radical (unpaired) electrons. The first-order valence-corrected chi connectivity index (χ1v) is 1.11. The van der Waals surface area contributed by atoms with E-state index in [9.17, 15) is 0 Å². The van der Waals surface area contributed by atoms with Gasteiger partial charge in [0.2, 0.25) is 0 Å². The molecule has 40 valence electrons. The molecular weight excluding hydrogens is 184 g/mol. The molecule has 0 spiro atoms. The number of aliphatic carboxylic acids is 2. The zero-order chi connectivity index (χ0) is 5.15. The van der Waals surface area contributed by atoms with Crippen LogP contribution in [-0.2, 0) is 30.7 Å². The van der Waals surface area contributed by atoms with E-state index in [1.54, 1.807) is 0 Å². The Hall–Kier alpha value is -0.372. The molecule has 7 heavy (non-hydrogen) atoms. The minimum atomic E-state index is -1.82. The summed E-state index contributed by atoms with van der Waals surface area (Å²) < 4.78 is 0. The van der Waals surface area contributed by atoms with Crippen molar-refractivity contribution in [3.8, 4) is 0 Å². The Labute approximate surface area is 53.4 Å². The van der Waals surface area contributed by atoms with E-state index < -0.39 is 11.9 Å². The maximum Gasteiger partial charge on any atom is 0.414 e. The smallest absolute Gasteiger partial charge is 0.414 e. The van der Waals surface area contributed by atoms with E-state index in [4.69, 9.17) is 19.8 Å². The van der Waals surface area contributed by atoms with Gasteiger partial charge >= 0.3 is 11.9 Å². The fraction of sp³-hybridized carbons (Fsp3) is 0. The van der Waals surface area contributed by atoms with Gasteiger partial charge in [-0.05, 0) is 0 Å². The summed E-state index contributed by atoms with van der Waals surface area (Å²) in [6, 6.07) is 0. The van der Waals surface area contributed by atoms with Crippen molar-refractivity contribution in [3.05, 3.63) is 0 Å². The molecule has 5 heteroatoms. The summed E-state index contributed by atoms with van der Waals surface area (Å²) >= 11 is 0. The average Bonchev–Trinajstić information content (AvgIpc) is 1.36. The molecule has 0 aliphatic heterocycles. The van der Waals surface area contributed by atoms with Crippen molar-refractivity contribution in [2.75, 3.05) is 0 Å². The van der Waals surface area contributed by atoms with Crippen LogP contribution in [0.4, 0.5) is 0 Å². The largest absolute Gasteiger partial charge is 0.473 e. The van der Waals surface area contributed by atoms with Crippen LogP contribution in [0.5, 0.6) is 0 Å². The maximum absolute atomic E-state index is 9.10. The van der Waals surface area contributed by atoms with Gasteiger partial charge in [0.15, 0.2) is 0 Å². The van der Waals surface area contributed by atoms with Crippen LogP contribution in [0.1, 0.15) is 0 Å². The van der Waals surface area contributed by atoms with Gasteiger partial charge in [-0.25, -0.2) is 9.59 Å². The second kappa shape index (κ2) is 3.81. The zero-order valence-corrected chi connectivity index (χ0v) is 5.13. The van der Waals surface area contributed by atoms with Crippen molar-refractivity contribution in [2.45, 2.75) is 0 Å². The average molecular weight is 186 g/mol. The topological polar surface area (TPSA) is 74.6 Å². The van der Waals surface area contributed by atoms with Gasteiger partial charge < -0.3 is 10.2 Å². The molecule has 0 rings (SSSR count). The third-order valence-corrected chi connectivity index (χ3v) is 0.183. The summed E-state index contributed by atoms with van der Waals surface area (Å²) in [6.45, 7) is 0. The van der Waals surface area contributed by atoms with E-state index >= 15 is 0 Å². The van der Waals surface area contributed by atoms with Crippen LogP contribution in [-0.4, -0.2) is 22.2 Å². The summed E-state index contributed by atoms with van der Waals surface area (Å²) in [5.74, 6) is -3.65. The predicted molar refractivity (Wildman–Crippen MR) is 15.3 cm³/mol. The van der Waals surface area contributed by atoms with Crippen molar-refractivity contribution in [1.29, 1.82) is 0 Å². The maximum atomic E-state index is 9.10. The van der Waals surface area contributed by atoms with Gasteiger partial charge in [-0.2, -0.15) is 0 Å².